The third-order valence-corrected chi connectivity index (χ3v) is 7.36. The van der Waals surface area contributed by atoms with Gasteiger partial charge in [-0.05, 0) is 59.9 Å². The summed E-state index contributed by atoms with van der Waals surface area (Å²) in [5.74, 6) is -2.71. The smallest absolute Gasteiger partial charge is 0.416 e. The fourth-order valence-corrected chi connectivity index (χ4v) is 4.59. The van der Waals surface area contributed by atoms with Crippen LogP contribution in [0.5, 0.6) is 0 Å². The standard InChI is InChI=1S/C34H37F3N2O6/c1-6-21(3)28(33(43)44-7-2)20-45-30(40)19-22-12-17-29(27(18-22)32(42)39(4)5)38-31(41)26-11-9-8-10-25(26)23-13-15-24(16-14-23)34(35,36)37/h8-18,21,28H,6-7,19-20H2,1-5H3,(H,38,41). The van der Waals surface area contributed by atoms with Crippen LogP contribution in [0, 0.1) is 11.8 Å². The van der Waals surface area contributed by atoms with Crippen molar-refractivity contribution in [3.63, 3.8) is 0 Å². The summed E-state index contributed by atoms with van der Waals surface area (Å²) >= 11 is 0. The first-order valence-electron chi connectivity index (χ1n) is 14.5. The fraction of sp³-hybridized carbons (Fsp3) is 0.353. The number of carbonyl (C=O) groups is 4. The number of amides is 2. The molecule has 0 aromatic heterocycles. The van der Waals surface area contributed by atoms with Gasteiger partial charge < -0.3 is 19.7 Å². The minimum atomic E-state index is -4.49. The Hall–Kier alpha value is -4.67. The van der Waals surface area contributed by atoms with Gasteiger partial charge in [-0.25, -0.2) is 0 Å². The maximum atomic E-state index is 13.4. The van der Waals surface area contributed by atoms with Crippen molar-refractivity contribution >= 4 is 29.4 Å². The van der Waals surface area contributed by atoms with E-state index in [9.17, 15) is 32.3 Å². The molecule has 0 aliphatic heterocycles. The van der Waals surface area contributed by atoms with Crippen molar-refractivity contribution in [2.24, 2.45) is 11.8 Å². The van der Waals surface area contributed by atoms with E-state index in [1.807, 2.05) is 13.8 Å². The highest BCUT2D eigenvalue weighted by Gasteiger charge is 2.30. The van der Waals surface area contributed by atoms with Gasteiger partial charge in [0.25, 0.3) is 11.8 Å². The lowest BCUT2D eigenvalue weighted by Crippen LogP contribution is -2.30. The monoisotopic (exact) mass is 626 g/mol. The summed E-state index contributed by atoms with van der Waals surface area (Å²) in [6, 6.07) is 15.5. The van der Waals surface area contributed by atoms with E-state index in [-0.39, 0.29) is 42.4 Å². The Morgan fingerprint density at radius 2 is 1.56 bits per heavy atom. The summed E-state index contributed by atoms with van der Waals surface area (Å²) in [5.41, 5.74) is 0.938. The Bertz CT molecular complexity index is 1520. The van der Waals surface area contributed by atoms with Gasteiger partial charge in [-0.1, -0.05) is 56.7 Å². The predicted octanol–water partition coefficient (Wildman–Crippen LogP) is 6.64. The maximum absolute atomic E-state index is 13.4. The summed E-state index contributed by atoms with van der Waals surface area (Å²) in [4.78, 5) is 52.9. The van der Waals surface area contributed by atoms with Crippen molar-refractivity contribution in [3.05, 3.63) is 89.0 Å². The first-order chi connectivity index (χ1) is 21.3. The number of benzene rings is 3. The van der Waals surface area contributed by atoms with Gasteiger partial charge in [0.1, 0.15) is 6.61 Å². The Morgan fingerprint density at radius 1 is 0.889 bits per heavy atom. The van der Waals surface area contributed by atoms with Gasteiger partial charge in [0.05, 0.1) is 35.8 Å². The minimum Gasteiger partial charge on any atom is -0.466 e. The SMILES string of the molecule is CCOC(=O)C(COC(=O)Cc1ccc(NC(=O)c2ccccc2-c2ccc(C(F)(F)F)cc2)c(C(=O)N(C)C)c1)C(C)CC. The third kappa shape index (κ3) is 9.17. The lowest BCUT2D eigenvalue weighted by molar-refractivity contribution is -0.156. The van der Waals surface area contributed by atoms with Gasteiger partial charge in [0.15, 0.2) is 0 Å². The van der Waals surface area contributed by atoms with E-state index >= 15 is 0 Å². The maximum Gasteiger partial charge on any atom is 0.416 e. The molecule has 2 atom stereocenters. The number of halogens is 3. The molecule has 240 valence electrons. The lowest BCUT2D eigenvalue weighted by atomic mass is 9.92. The topological polar surface area (TPSA) is 102 Å². The van der Waals surface area contributed by atoms with E-state index in [0.717, 1.165) is 12.1 Å². The second kappa shape index (κ2) is 15.4. The number of anilines is 1. The lowest BCUT2D eigenvalue weighted by Gasteiger charge is -2.21. The summed E-state index contributed by atoms with van der Waals surface area (Å²) in [6.07, 6.45) is -3.99. The molecule has 0 radical (unpaired) electrons. The molecule has 0 spiro atoms. The van der Waals surface area contributed by atoms with Crippen molar-refractivity contribution in [1.82, 2.24) is 4.90 Å². The van der Waals surface area contributed by atoms with Gasteiger partial charge in [-0.15, -0.1) is 0 Å². The number of carbonyl (C=O) groups excluding carboxylic acids is 4. The number of nitrogens with one attached hydrogen (secondary N) is 1. The molecule has 45 heavy (non-hydrogen) atoms. The molecule has 3 aromatic carbocycles. The van der Waals surface area contributed by atoms with E-state index < -0.39 is 41.4 Å². The Balaban J connectivity index is 1.83. The van der Waals surface area contributed by atoms with Crippen molar-refractivity contribution in [2.75, 3.05) is 32.6 Å². The molecule has 2 amide bonds. The van der Waals surface area contributed by atoms with Gasteiger partial charge >= 0.3 is 18.1 Å². The number of rotatable bonds is 12. The Labute approximate surface area is 260 Å². The second-order valence-electron chi connectivity index (χ2n) is 10.8. The minimum absolute atomic E-state index is 0.0616. The molecule has 3 rings (SSSR count). The quantitative estimate of drug-likeness (QED) is 0.226. The van der Waals surface area contributed by atoms with Gasteiger partial charge in [0.2, 0.25) is 0 Å². The second-order valence-corrected chi connectivity index (χ2v) is 10.8. The van der Waals surface area contributed by atoms with Gasteiger partial charge in [-0.3, -0.25) is 19.2 Å². The van der Waals surface area contributed by atoms with Crippen molar-refractivity contribution in [3.8, 4) is 11.1 Å². The molecule has 0 fully saturated rings. The third-order valence-electron chi connectivity index (χ3n) is 7.36. The average molecular weight is 627 g/mol. The van der Waals surface area contributed by atoms with E-state index in [1.54, 1.807) is 45.3 Å². The van der Waals surface area contributed by atoms with Crippen LogP contribution < -0.4 is 5.32 Å². The molecule has 11 heteroatoms. The highest BCUT2D eigenvalue weighted by atomic mass is 19.4. The molecule has 0 aliphatic carbocycles. The average Bonchev–Trinajstić information content (AvgIpc) is 3.01. The summed E-state index contributed by atoms with van der Waals surface area (Å²) < 4.78 is 49.7. The fourth-order valence-electron chi connectivity index (χ4n) is 4.59. The summed E-state index contributed by atoms with van der Waals surface area (Å²) in [5, 5.41) is 2.74. The van der Waals surface area contributed by atoms with Crippen molar-refractivity contribution in [1.29, 1.82) is 0 Å². The van der Waals surface area contributed by atoms with Crippen LogP contribution in [-0.2, 0) is 31.7 Å². The number of hydrogen-bond acceptors (Lipinski definition) is 6. The molecule has 0 bridgehead atoms. The molecule has 0 heterocycles. The zero-order valence-corrected chi connectivity index (χ0v) is 25.9. The van der Waals surface area contributed by atoms with Gasteiger partial charge in [0, 0.05) is 19.7 Å². The number of alkyl halides is 3. The van der Waals surface area contributed by atoms with Crippen LogP contribution in [-0.4, -0.2) is 56.0 Å². The Kier molecular flexibility index (Phi) is 11.9. The van der Waals surface area contributed by atoms with Gasteiger partial charge in [-0.2, -0.15) is 13.2 Å². The Morgan fingerprint density at radius 3 is 2.16 bits per heavy atom. The first kappa shape index (κ1) is 34.8. The number of nitrogens with zero attached hydrogens (tertiary/aromatic N) is 1. The largest absolute Gasteiger partial charge is 0.466 e. The molecular weight excluding hydrogens is 589 g/mol. The predicted molar refractivity (Wildman–Crippen MR) is 164 cm³/mol. The van der Waals surface area contributed by atoms with Crippen LogP contribution in [0.4, 0.5) is 18.9 Å². The van der Waals surface area contributed by atoms with Crippen LogP contribution >= 0.6 is 0 Å². The highest BCUT2D eigenvalue weighted by molar-refractivity contribution is 6.11. The molecule has 2 unspecified atom stereocenters. The zero-order chi connectivity index (χ0) is 33.3. The molecule has 0 saturated heterocycles. The molecule has 1 N–H and O–H groups in total. The van der Waals surface area contributed by atoms with Crippen LogP contribution in [0.25, 0.3) is 11.1 Å². The van der Waals surface area contributed by atoms with E-state index in [1.165, 1.54) is 35.2 Å². The highest BCUT2D eigenvalue weighted by Crippen LogP contribution is 2.32. The summed E-state index contributed by atoms with van der Waals surface area (Å²) in [6.45, 7) is 5.59. The van der Waals surface area contributed by atoms with Crippen molar-refractivity contribution in [2.45, 2.75) is 39.8 Å². The van der Waals surface area contributed by atoms with Crippen LogP contribution in [0.2, 0.25) is 0 Å². The molecule has 8 nitrogen and oxygen atoms in total. The van der Waals surface area contributed by atoms with E-state index in [4.69, 9.17) is 9.47 Å². The number of hydrogen-bond donors (Lipinski definition) is 1. The zero-order valence-electron chi connectivity index (χ0n) is 25.9. The summed E-state index contributed by atoms with van der Waals surface area (Å²) in [7, 11) is 3.08. The van der Waals surface area contributed by atoms with Crippen molar-refractivity contribution < 1.29 is 41.8 Å². The molecule has 0 aliphatic rings. The molecular formula is C34H37F3N2O6. The number of ether oxygens (including phenoxy) is 2. The normalized spacial score (nSPS) is 12.5. The number of esters is 2. The van der Waals surface area contributed by atoms with Crippen LogP contribution in [0.15, 0.2) is 66.7 Å². The molecule has 3 aromatic rings. The van der Waals surface area contributed by atoms with Crippen LogP contribution in [0.3, 0.4) is 0 Å². The van der Waals surface area contributed by atoms with E-state index in [2.05, 4.69) is 5.32 Å². The molecule has 0 saturated carbocycles. The van der Waals surface area contributed by atoms with E-state index in [0.29, 0.717) is 23.1 Å². The van der Waals surface area contributed by atoms with Crippen LogP contribution in [0.1, 0.15) is 59.0 Å². The first-order valence-corrected chi connectivity index (χ1v) is 14.5.